The lowest BCUT2D eigenvalue weighted by Crippen LogP contribution is -2.45. The van der Waals surface area contributed by atoms with Crippen LogP contribution in [-0.4, -0.2) is 17.5 Å². The Balaban J connectivity index is 2.04. The second kappa shape index (κ2) is 5.53. The molecule has 0 aliphatic carbocycles. The lowest BCUT2D eigenvalue weighted by molar-refractivity contribution is 0.0729. The molecule has 1 aromatic rings. The molecule has 1 nitrogen and oxygen atoms in total. The Morgan fingerprint density at radius 2 is 1.82 bits per heavy atom. The highest BCUT2D eigenvalue weighted by atomic mass is 79.9. The molecule has 3 atom stereocenters. The van der Waals surface area contributed by atoms with Gasteiger partial charge in [0, 0.05) is 23.6 Å². The number of halogens is 1. The fourth-order valence-electron chi connectivity index (χ4n) is 2.87. The quantitative estimate of drug-likeness (QED) is 0.786. The summed E-state index contributed by atoms with van der Waals surface area (Å²) in [5, 5.41) is 0. The van der Waals surface area contributed by atoms with E-state index in [1.165, 1.54) is 18.5 Å². The van der Waals surface area contributed by atoms with Crippen molar-refractivity contribution < 1.29 is 0 Å². The van der Waals surface area contributed by atoms with E-state index in [1.807, 2.05) is 0 Å². The van der Waals surface area contributed by atoms with Crippen molar-refractivity contribution in [2.45, 2.75) is 39.8 Å². The molecule has 0 N–H and O–H groups in total. The number of benzene rings is 1. The van der Waals surface area contributed by atoms with E-state index in [0.29, 0.717) is 6.04 Å². The third-order valence-electron chi connectivity index (χ3n) is 4.02. The molecule has 3 unspecified atom stereocenters. The van der Waals surface area contributed by atoms with Crippen LogP contribution in [0.1, 0.15) is 32.8 Å². The number of likely N-dealkylation sites (tertiary alicyclic amines) is 1. The Bertz CT molecular complexity index is 360. The maximum Gasteiger partial charge on any atom is 0.0236 e. The molecule has 2 heteroatoms. The van der Waals surface area contributed by atoms with Crippen molar-refractivity contribution in [3.8, 4) is 0 Å². The van der Waals surface area contributed by atoms with Gasteiger partial charge in [-0.25, -0.2) is 0 Å². The van der Waals surface area contributed by atoms with Gasteiger partial charge in [-0.1, -0.05) is 41.9 Å². The van der Waals surface area contributed by atoms with Gasteiger partial charge in [0.25, 0.3) is 0 Å². The number of rotatable bonds is 2. The van der Waals surface area contributed by atoms with Crippen LogP contribution in [0.15, 0.2) is 28.7 Å². The fourth-order valence-corrected chi connectivity index (χ4v) is 3.13. The van der Waals surface area contributed by atoms with E-state index < -0.39 is 0 Å². The Labute approximate surface area is 113 Å². The first kappa shape index (κ1) is 13.1. The monoisotopic (exact) mass is 295 g/mol. The minimum atomic E-state index is 0.704. The molecular formula is C15H22BrN. The molecule has 1 heterocycles. The maximum atomic E-state index is 3.49. The standard InChI is InChI=1S/C15H22BrN/c1-11-8-12(2)13(3)17(9-11)10-14-4-6-15(16)7-5-14/h4-7,11-13H,8-10H2,1-3H3. The molecular weight excluding hydrogens is 274 g/mol. The molecule has 1 aliphatic heterocycles. The third-order valence-corrected chi connectivity index (χ3v) is 4.55. The summed E-state index contributed by atoms with van der Waals surface area (Å²) in [7, 11) is 0. The zero-order valence-corrected chi connectivity index (χ0v) is 12.6. The van der Waals surface area contributed by atoms with Crippen molar-refractivity contribution in [1.82, 2.24) is 4.90 Å². The second-order valence-corrected chi connectivity index (χ2v) is 6.53. The zero-order chi connectivity index (χ0) is 12.4. The first-order valence-corrected chi connectivity index (χ1v) is 7.34. The van der Waals surface area contributed by atoms with Crippen molar-refractivity contribution in [2.75, 3.05) is 6.54 Å². The Hall–Kier alpha value is -0.340. The summed E-state index contributed by atoms with van der Waals surface area (Å²) in [4.78, 5) is 2.63. The first-order valence-electron chi connectivity index (χ1n) is 6.54. The number of hydrogen-bond donors (Lipinski definition) is 0. The highest BCUT2D eigenvalue weighted by Crippen LogP contribution is 2.28. The van der Waals surface area contributed by atoms with Gasteiger partial charge in [-0.15, -0.1) is 0 Å². The molecule has 0 bridgehead atoms. The molecule has 0 aromatic heterocycles. The largest absolute Gasteiger partial charge is 0.296 e. The maximum absolute atomic E-state index is 3.49. The fraction of sp³-hybridized carbons (Fsp3) is 0.600. The Kier molecular flexibility index (Phi) is 4.26. The van der Waals surface area contributed by atoms with Crippen molar-refractivity contribution >= 4 is 15.9 Å². The van der Waals surface area contributed by atoms with E-state index in [-0.39, 0.29) is 0 Å². The molecule has 0 amide bonds. The van der Waals surface area contributed by atoms with Crippen LogP contribution in [0.25, 0.3) is 0 Å². The molecule has 0 radical (unpaired) electrons. The van der Waals surface area contributed by atoms with Gasteiger partial charge in [-0.3, -0.25) is 4.90 Å². The van der Waals surface area contributed by atoms with Crippen LogP contribution in [-0.2, 0) is 6.54 Å². The average molecular weight is 296 g/mol. The highest BCUT2D eigenvalue weighted by Gasteiger charge is 2.28. The zero-order valence-electron chi connectivity index (χ0n) is 11.0. The second-order valence-electron chi connectivity index (χ2n) is 5.61. The van der Waals surface area contributed by atoms with E-state index >= 15 is 0 Å². The van der Waals surface area contributed by atoms with E-state index in [0.717, 1.165) is 22.9 Å². The highest BCUT2D eigenvalue weighted by molar-refractivity contribution is 9.10. The van der Waals surface area contributed by atoms with Gasteiger partial charge in [0.1, 0.15) is 0 Å². The summed E-state index contributed by atoms with van der Waals surface area (Å²) < 4.78 is 1.16. The van der Waals surface area contributed by atoms with Gasteiger partial charge in [0.05, 0.1) is 0 Å². The van der Waals surface area contributed by atoms with Gasteiger partial charge in [0.15, 0.2) is 0 Å². The summed E-state index contributed by atoms with van der Waals surface area (Å²) in [6, 6.07) is 9.42. The van der Waals surface area contributed by atoms with E-state index in [2.05, 4.69) is 65.9 Å². The normalized spacial score (nSPS) is 30.5. The van der Waals surface area contributed by atoms with Crippen LogP contribution in [0.4, 0.5) is 0 Å². The van der Waals surface area contributed by atoms with Crippen LogP contribution >= 0.6 is 15.9 Å². The topological polar surface area (TPSA) is 3.24 Å². The van der Waals surface area contributed by atoms with E-state index in [1.54, 1.807) is 0 Å². The van der Waals surface area contributed by atoms with E-state index in [9.17, 15) is 0 Å². The number of nitrogens with zero attached hydrogens (tertiary/aromatic N) is 1. The van der Waals surface area contributed by atoms with Gasteiger partial charge in [-0.2, -0.15) is 0 Å². The predicted molar refractivity (Wildman–Crippen MR) is 77.0 cm³/mol. The Morgan fingerprint density at radius 3 is 2.47 bits per heavy atom. The van der Waals surface area contributed by atoms with Crippen molar-refractivity contribution in [3.63, 3.8) is 0 Å². The minimum Gasteiger partial charge on any atom is -0.296 e. The van der Waals surface area contributed by atoms with Crippen LogP contribution in [0.2, 0.25) is 0 Å². The number of hydrogen-bond acceptors (Lipinski definition) is 1. The molecule has 1 saturated heterocycles. The number of piperidine rings is 1. The average Bonchev–Trinajstić information content (AvgIpc) is 2.28. The van der Waals surface area contributed by atoms with Gasteiger partial charge in [-0.05, 0) is 42.9 Å². The summed E-state index contributed by atoms with van der Waals surface area (Å²) >= 11 is 3.49. The molecule has 0 saturated carbocycles. The summed E-state index contributed by atoms with van der Waals surface area (Å²) in [6.45, 7) is 9.45. The lowest BCUT2D eigenvalue weighted by Gasteiger charge is -2.41. The predicted octanol–water partition coefficient (Wildman–Crippen LogP) is 4.32. The SMILES string of the molecule is CC1CC(C)C(C)N(Cc2ccc(Br)cc2)C1. The van der Waals surface area contributed by atoms with Gasteiger partial charge in [0.2, 0.25) is 0 Å². The molecule has 1 fully saturated rings. The van der Waals surface area contributed by atoms with Crippen LogP contribution in [0, 0.1) is 11.8 Å². The van der Waals surface area contributed by atoms with E-state index in [4.69, 9.17) is 0 Å². The molecule has 0 spiro atoms. The molecule has 17 heavy (non-hydrogen) atoms. The van der Waals surface area contributed by atoms with Gasteiger partial charge < -0.3 is 0 Å². The third kappa shape index (κ3) is 3.32. The molecule has 2 rings (SSSR count). The first-order chi connectivity index (χ1) is 8.06. The molecule has 1 aromatic carbocycles. The molecule has 94 valence electrons. The molecule has 1 aliphatic rings. The minimum absolute atomic E-state index is 0.704. The van der Waals surface area contributed by atoms with Crippen molar-refractivity contribution in [1.29, 1.82) is 0 Å². The summed E-state index contributed by atoms with van der Waals surface area (Å²) in [5.74, 6) is 1.64. The lowest BCUT2D eigenvalue weighted by atomic mass is 9.86. The van der Waals surface area contributed by atoms with Gasteiger partial charge >= 0.3 is 0 Å². The smallest absolute Gasteiger partial charge is 0.0236 e. The van der Waals surface area contributed by atoms with Crippen LogP contribution < -0.4 is 0 Å². The van der Waals surface area contributed by atoms with Crippen LogP contribution in [0.5, 0.6) is 0 Å². The Morgan fingerprint density at radius 1 is 1.18 bits per heavy atom. The van der Waals surface area contributed by atoms with Crippen molar-refractivity contribution in [2.24, 2.45) is 11.8 Å². The summed E-state index contributed by atoms with van der Waals surface area (Å²) in [6.07, 6.45) is 1.37. The van der Waals surface area contributed by atoms with Crippen LogP contribution in [0.3, 0.4) is 0 Å². The van der Waals surface area contributed by atoms with Crippen molar-refractivity contribution in [3.05, 3.63) is 34.3 Å². The summed E-state index contributed by atoms with van der Waals surface area (Å²) in [5.41, 5.74) is 1.42.